The molecule has 2 aliphatic heterocycles. The van der Waals surface area contributed by atoms with Gasteiger partial charge < -0.3 is 20.3 Å². The Labute approximate surface area is 230 Å². The summed E-state index contributed by atoms with van der Waals surface area (Å²) < 4.78 is 36.7. The molecule has 0 amide bonds. The van der Waals surface area contributed by atoms with Crippen LogP contribution in [0.3, 0.4) is 0 Å². The Kier molecular flexibility index (Phi) is 8.78. The number of hydrogen-bond donors (Lipinski definition) is 3. The van der Waals surface area contributed by atoms with Crippen LogP contribution in [0.1, 0.15) is 49.7 Å². The van der Waals surface area contributed by atoms with Crippen molar-refractivity contribution in [3.8, 4) is 6.07 Å². The van der Waals surface area contributed by atoms with Gasteiger partial charge in [0.15, 0.2) is 0 Å². The van der Waals surface area contributed by atoms with E-state index >= 15 is 8.78 Å². The topological polar surface area (TPSA) is 103 Å². The van der Waals surface area contributed by atoms with Crippen molar-refractivity contribution in [2.45, 2.75) is 62.1 Å². The molecule has 3 N–H and O–H groups in total. The van der Waals surface area contributed by atoms with Crippen LogP contribution in [0, 0.1) is 28.4 Å². The fourth-order valence-electron chi connectivity index (χ4n) is 5.82. The molecule has 2 fully saturated rings. The highest BCUT2D eigenvalue weighted by molar-refractivity contribution is 6.31. The lowest BCUT2D eigenvalue weighted by molar-refractivity contribution is -0.121. The molecule has 2 saturated heterocycles. The number of Topliss-reactive ketones (excluding diaryl/α,β-unsaturated/α-hetero) is 1. The van der Waals surface area contributed by atoms with Gasteiger partial charge in [-0.05, 0) is 43.0 Å². The largest absolute Gasteiger partial charge is 0.394 e. The van der Waals surface area contributed by atoms with Gasteiger partial charge in [-0.25, -0.2) is 8.78 Å². The molecule has 5 atom stereocenters. The highest BCUT2D eigenvalue weighted by atomic mass is 35.5. The third kappa shape index (κ3) is 5.33. The van der Waals surface area contributed by atoms with Crippen LogP contribution in [0.15, 0.2) is 36.4 Å². The SMILES string of the molecule is CC1(C[C@@H]2N[C@@H](C(=O)CCC[C@H](O)CO)[C@H](c3cccc(Cl)c3F)[C@@]2(C#N)c2ccc(Cl)cc2F)COC1. The third-order valence-electron chi connectivity index (χ3n) is 7.75. The van der Waals surface area contributed by atoms with Crippen LogP contribution < -0.4 is 5.32 Å². The lowest BCUT2D eigenvalue weighted by Crippen LogP contribution is -2.50. The summed E-state index contributed by atoms with van der Waals surface area (Å²) in [5, 5.41) is 32.9. The Morgan fingerprint density at radius 3 is 2.63 bits per heavy atom. The van der Waals surface area contributed by atoms with E-state index in [1.807, 2.05) is 6.92 Å². The van der Waals surface area contributed by atoms with E-state index in [1.165, 1.54) is 30.3 Å². The molecule has 2 heterocycles. The molecular formula is C28H30Cl2F2N2O4. The van der Waals surface area contributed by atoms with Crippen molar-refractivity contribution in [1.82, 2.24) is 5.32 Å². The van der Waals surface area contributed by atoms with Crippen LogP contribution in [-0.2, 0) is 14.9 Å². The molecule has 4 rings (SSSR count). The number of aliphatic hydroxyl groups is 2. The molecule has 0 spiro atoms. The molecule has 2 aromatic rings. The van der Waals surface area contributed by atoms with Crippen LogP contribution in [0.4, 0.5) is 8.78 Å². The number of ketones is 1. The second-order valence-electron chi connectivity index (χ2n) is 10.6. The molecule has 0 bridgehead atoms. The van der Waals surface area contributed by atoms with Gasteiger partial charge in [-0.2, -0.15) is 5.26 Å². The van der Waals surface area contributed by atoms with Crippen molar-refractivity contribution in [3.63, 3.8) is 0 Å². The summed E-state index contributed by atoms with van der Waals surface area (Å²) in [5.74, 6) is -2.94. The Bertz CT molecular complexity index is 1240. The molecule has 0 radical (unpaired) electrons. The standard InChI is InChI=1S/C28H30Cl2F2N2O4/c1-27(14-38-15-27)11-23-28(13-33,19-9-8-16(29)10-21(19)31)24(18-5-3-6-20(30)25(18)32)26(34-23)22(37)7-2-4-17(36)12-35/h3,5-6,8-10,17,23-24,26,34-36H,2,4,7,11-12,14-15H2,1H3/t17-,23-,24-,26-,28-/m0/s1. The molecule has 0 unspecified atom stereocenters. The van der Waals surface area contributed by atoms with Gasteiger partial charge in [-0.1, -0.05) is 48.3 Å². The minimum atomic E-state index is -1.69. The number of carbonyl (C=O) groups is 1. The summed E-state index contributed by atoms with van der Waals surface area (Å²) in [5.41, 5.74) is -1.97. The van der Waals surface area contributed by atoms with Gasteiger partial charge >= 0.3 is 0 Å². The lowest BCUT2D eigenvalue weighted by atomic mass is 9.62. The van der Waals surface area contributed by atoms with Crippen LogP contribution in [-0.4, -0.2) is 54.0 Å². The van der Waals surface area contributed by atoms with Crippen LogP contribution in [0.2, 0.25) is 10.0 Å². The molecule has 2 aromatic carbocycles. The number of hydrogen-bond acceptors (Lipinski definition) is 6. The van der Waals surface area contributed by atoms with Gasteiger partial charge in [-0.15, -0.1) is 0 Å². The van der Waals surface area contributed by atoms with Crippen molar-refractivity contribution in [1.29, 1.82) is 5.26 Å². The zero-order chi connectivity index (χ0) is 27.7. The molecule has 2 aliphatic rings. The normalized spacial score (nSPS) is 26.9. The van der Waals surface area contributed by atoms with Crippen molar-refractivity contribution in [3.05, 3.63) is 69.2 Å². The summed E-state index contributed by atoms with van der Waals surface area (Å²) >= 11 is 12.2. The quantitative estimate of drug-likeness (QED) is 0.386. The number of nitrogens with zero attached hydrogens (tertiary/aromatic N) is 1. The minimum Gasteiger partial charge on any atom is -0.394 e. The Morgan fingerprint density at radius 1 is 1.29 bits per heavy atom. The van der Waals surface area contributed by atoms with Gasteiger partial charge in [0, 0.05) is 34.4 Å². The molecular weight excluding hydrogens is 537 g/mol. The van der Waals surface area contributed by atoms with Crippen molar-refractivity contribution >= 4 is 29.0 Å². The molecule has 0 saturated carbocycles. The summed E-state index contributed by atoms with van der Waals surface area (Å²) in [6.07, 6.45) is -0.124. The molecule has 10 heteroatoms. The van der Waals surface area contributed by atoms with Crippen LogP contribution >= 0.6 is 23.2 Å². The molecule has 0 aliphatic carbocycles. The van der Waals surface area contributed by atoms with E-state index < -0.39 is 47.8 Å². The van der Waals surface area contributed by atoms with E-state index in [0.717, 1.165) is 6.07 Å². The van der Waals surface area contributed by atoms with E-state index in [4.69, 9.17) is 33.0 Å². The maximum atomic E-state index is 15.6. The number of benzene rings is 2. The van der Waals surface area contributed by atoms with Gasteiger partial charge in [0.05, 0.1) is 43.1 Å². The fourth-order valence-corrected chi connectivity index (χ4v) is 6.16. The second-order valence-corrected chi connectivity index (χ2v) is 11.5. The summed E-state index contributed by atoms with van der Waals surface area (Å²) in [6.45, 7) is 2.43. The van der Waals surface area contributed by atoms with Gasteiger partial charge in [0.1, 0.15) is 22.8 Å². The Balaban J connectivity index is 1.88. The number of carbonyl (C=O) groups excluding carboxylic acids is 1. The highest BCUT2D eigenvalue weighted by Crippen LogP contribution is 2.53. The Morgan fingerprint density at radius 2 is 2.03 bits per heavy atom. The van der Waals surface area contributed by atoms with Gasteiger partial charge in [0.2, 0.25) is 0 Å². The van der Waals surface area contributed by atoms with E-state index in [9.17, 15) is 15.2 Å². The predicted octanol–water partition coefficient (Wildman–Crippen LogP) is 4.68. The number of halogens is 4. The van der Waals surface area contributed by atoms with E-state index in [1.54, 1.807) is 0 Å². The fraction of sp³-hybridized carbons (Fsp3) is 0.500. The second kappa shape index (κ2) is 11.5. The summed E-state index contributed by atoms with van der Waals surface area (Å²) in [7, 11) is 0. The summed E-state index contributed by atoms with van der Waals surface area (Å²) in [6, 6.07) is 8.92. The zero-order valence-electron chi connectivity index (χ0n) is 20.9. The highest BCUT2D eigenvalue weighted by Gasteiger charge is 2.61. The minimum absolute atomic E-state index is 0.00508. The van der Waals surface area contributed by atoms with Crippen molar-refractivity contribution in [2.24, 2.45) is 5.41 Å². The first-order valence-electron chi connectivity index (χ1n) is 12.5. The van der Waals surface area contributed by atoms with E-state index in [-0.39, 0.29) is 51.6 Å². The average Bonchev–Trinajstić information content (AvgIpc) is 3.18. The maximum Gasteiger partial charge on any atom is 0.150 e. The van der Waals surface area contributed by atoms with Crippen molar-refractivity contribution in [2.75, 3.05) is 19.8 Å². The predicted molar refractivity (Wildman–Crippen MR) is 139 cm³/mol. The molecule has 38 heavy (non-hydrogen) atoms. The smallest absolute Gasteiger partial charge is 0.150 e. The third-order valence-corrected chi connectivity index (χ3v) is 8.28. The van der Waals surface area contributed by atoms with E-state index in [2.05, 4.69) is 11.4 Å². The van der Waals surface area contributed by atoms with E-state index in [0.29, 0.717) is 19.6 Å². The lowest BCUT2D eigenvalue weighted by Gasteiger charge is -2.43. The molecule has 6 nitrogen and oxygen atoms in total. The number of aliphatic hydroxyl groups excluding tert-OH is 2. The average molecular weight is 567 g/mol. The number of nitrogens with one attached hydrogen (secondary N) is 1. The van der Waals surface area contributed by atoms with Gasteiger partial charge in [-0.3, -0.25) is 4.79 Å². The van der Waals surface area contributed by atoms with Crippen LogP contribution in [0.25, 0.3) is 0 Å². The zero-order valence-corrected chi connectivity index (χ0v) is 22.4. The maximum absolute atomic E-state index is 15.6. The van der Waals surface area contributed by atoms with Crippen LogP contribution in [0.5, 0.6) is 0 Å². The molecule has 204 valence electrons. The number of ether oxygens (including phenoxy) is 1. The summed E-state index contributed by atoms with van der Waals surface area (Å²) in [4.78, 5) is 13.7. The van der Waals surface area contributed by atoms with Crippen molar-refractivity contribution < 1.29 is 28.5 Å². The van der Waals surface area contributed by atoms with Gasteiger partial charge in [0.25, 0.3) is 0 Å². The first-order valence-corrected chi connectivity index (χ1v) is 13.3. The monoisotopic (exact) mass is 566 g/mol. The number of nitriles is 1. The molecule has 0 aromatic heterocycles. The Hall–Kier alpha value is -2.12. The number of rotatable bonds is 10. The first kappa shape index (κ1) is 28.9. The first-order chi connectivity index (χ1) is 18.1.